The number of esters is 1. The fraction of sp³-hybridized carbons (Fsp3) is 0.435. The van der Waals surface area contributed by atoms with Gasteiger partial charge in [0.25, 0.3) is 0 Å². The van der Waals surface area contributed by atoms with Crippen LogP contribution >= 0.6 is 11.3 Å². The van der Waals surface area contributed by atoms with Crippen molar-refractivity contribution in [3.63, 3.8) is 0 Å². The number of carbonyl (C=O) groups excluding carboxylic acids is 2. The van der Waals surface area contributed by atoms with Gasteiger partial charge in [-0.2, -0.15) is 0 Å². The minimum atomic E-state index is -0.623. The van der Waals surface area contributed by atoms with E-state index in [2.05, 4.69) is 24.1 Å². The molecule has 2 aromatic heterocycles. The zero-order valence-electron chi connectivity index (χ0n) is 18.3. The van der Waals surface area contributed by atoms with Crippen molar-refractivity contribution in [2.24, 2.45) is 5.92 Å². The highest BCUT2D eigenvalue weighted by atomic mass is 32.1. The van der Waals surface area contributed by atoms with Gasteiger partial charge in [0, 0.05) is 0 Å². The van der Waals surface area contributed by atoms with Crippen LogP contribution in [-0.4, -0.2) is 30.8 Å². The number of nitrogens with zero attached hydrogens (tertiary/aromatic N) is 1. The first-order valence-electron chi connectivity index (χ1n) is 10.5. The summed E-state index contributed by atoms with van der Waals surface area (Å²) >= 11 is 1.41. The number of hydrogen-bond acceptors (Lipinski definition) is 7. The third-order valence-electron chi connectivity index (χ3n) is 5.19. The van der Waals surface area contributed by atoms with Crippen LogP contribution in [0.5, 0.6) is 0 Å². The van der Waals surface area contributed by atoms with E-state index in [1.54, 1.807) is 6.92 Å². The van der Waals surface area contributed by atoms with Crippen LogP contribution in [0.1, 0.15) is 55.6 Å². The van der Waals surface area contributed by atoms with Crippen molar-refractivity contribution in [1.82, 2.24) is 4.98 Å². The standard InChI is InChI=1S/C23H28N2O5S/c1-5-7-10-15(6-2)13-29-23(27)25-20-19(18(14(3)30-20)22(26)28-4)21-24-16-11-8-9-12-17(16)31-21/h8-9,11-12,15H,5-7,10,13H2,1-4H3,(H,25,27). The Morgan fingerprint density at radius 2 is 2.03 bits per heavy atom. The number of anilines is 1. The van der Waals surface area contributed by atoms with Gasteiger partial charge in [-0.1, -0.05) is 45.2 Å². The summed E-state index contributed by atoms with van der Waals surface area (Å²) in [5, 5.41) is 3.22. The summed E-state index contributed by atoms with van der Waals surface area (Å²) in [6.45, 7) is 6.22. The molecular formula is C23H28N2O5S. The molecular weight excluding hydrogens is 416 g/mol. The van der Waals surface area contributed by atoms with E-state index in [-0.39, 0.29) is 11.4 Å². The number of para-hydroxylation sites is 1. The van der Waals surface area contributed by atoms with Crippen molar-refractivity contribution in [3.8, 4) is 10.6 Å². The van der Waals surface area contributed by atoms with E-state index in [1.807, 2.05) is 24.3 Å². The van der Waals surface area contributed by atoms with Gasteiger partial charge in [-0.3, -0.25) is 5.32 Å². The molecule has 2 heterocycles. The molecule has 0 radical (unpaired) electrons. The number of carbonyl (C=O) groups is 2. The number of thiazole rings is 1. The lowest BCUT2D eigenvalue weighted by Gasteiger charge is -2.14. The van der Waals surface area contributed by atoms with Gasteiger partial charge in [-0.05, 0) is 31.4 Å². The van der Waals surface area contributed by atoms with Gasteiger partial charge < -0.3 is 13.9 Å². The van der Waals surface area contributed by atoms with Gasteiger partial charge in [-0.15, -0.1) is 11.3 Å². The number of aryl methyl sites for hydroxylation is 1. The van der Waals surface area contributed by atoms with E-state index in [1.165, 1.54) is 18.4 Å². The summed E-state index contributed by atoms with van der Waals surface area (Å²) < 4.78 is 17.1. The molecule has 0 saturated heterocycles. The first-order valence-corrected chi connectivity index (χ1v) is 11.3. The Kier molecular flexibility index (Phi) is 7.68. The maximum atomic E-state index is 12.5. The van der Waals surface area contributed by atoms with Crippen molar-refractivity contribution < 1.29 is 23.5 Å². The first kappa shape index (κ1) is 22.8. The van der Waals surface area contributed by atoms with Crippen molar-refractivity contribution in [2.75, 3.05) is 19.0 Å². The lowest BCUT2D eigenvalue weighted by atomic mass is 10.0. The maximum Gasteiger partial charge on any atom is 0.414 e. The molecule has 1 atom stereocenters. The summed E-state index contributed by atoms with van der Waals surface area (Å²) in [5.41, 5.74) is 1.44. The minimum absolute atomic E-state index is 0.128. The molecule has 3 rings (SSSR count). The van der Waals surface area contributed by atoms with Crippen molar-refractivity contribution >= 4 is 39.5 Å². The highest BCUT2D eigenvalue weighted by Gasteiger charge is 2.29. The number of methoxy groups -OCH3 is 1. The van der Waals surface area contributed by atoms with E-state index < -0.39 is 12.1 Å². The quantitative estimate of drug-likeness (QED) is 0.383. The number of fused-ring (bicyclic) bond motifs is 1. The second kappa shape index (κ2) is 10.4. The van der Waals surface area contributed by atoms with Gasteiger partial charge >= 0.3 is 12.1 Å². The van der Waals surface area contributed by atoms with Gasteiger partial charge in [0.05, 0.1) is 29.5 Å². The smallest absolute Gasteiger partial charge is 0.414 e. The average Bonchev–Trinajstić information content (AvgIpc) is 3.33. The Morgan fingerprint density at radius 1 is 1.26 bits per heavy atom. The molecule has 0 aliphatic heterocycles. The normalized spacial score (nSPS) is 12.0. The second-order valence-electron chi connectivity index (χ2n) is 7.36. The molecule has 1 N–H and O–H groups in total. The minimum Gasteiger partial charge on any atom is -0.465 e. The molecule has 3 aromatic rings. The van der Waals surface area contributed by atoms with Gasteiger partial charge in [0.2, 0.25) is 5.88 Å². The molecule has 0 aliphatic carbocycles. The maximum absolute atomic E-state index is 12.5. The van der Waals surface area contributed by atoms with Crippen LogP contribution in [0.25, 0.3) is 20.8 Å². The average molecular weight is 445 g/mol. The molecule has 8 heteroatoms. The van der Waals surface area contributed by atoms with Crippen LogP contribution in [0.2, 0.25) is 0 Å². The molecule has 1 unspecified atom stereocenters. The summed E-state index contributed by atoms with van der Waals surface area (Å²) in [7, 11) is 1.31. The van der Waals surface area contributed by atoms with E-state index in [0.717, 1.165) is 35.9 Å². The zero-order chi connectivity index (χ0) is 22.4. The van der Waals surface area contributed by atoms with Gasteiger partial charge in [0.1, 0.15) is 16.3 Å². The second-order valence-corrected chi connectivity index (χ2v) is 8.39. The lowest BCUT2D eigenvalue weighted by Crippen LogP contribution is -2.19. The number of benzene rings is 1. The number of aromatic nitrogens is 1. The first-order chi connectivity index (χ1) is 15.0. The van der Waals surface area contributed by atoms with Crippen LogP contribution in [0.3, 0.4) is 0 Å². The molecule has 0 saturated carbocycles. The van der Waals surface area contributed by atoms with Crippen LogP contribution in [-0.2, 0) is 9.47 Å². The number of amides is 1. The van der Waals surface area contributed by atoms with Gasteiger partial charge in [-0.25, -0.2) is 14.6 Å². The Hall–Kier alpha value is -2.87. The Morgan fingerprint density at radius 3 is 2.71 bits per heavy atom. The molecule has 1 amide bonds. The summed E-state index contributed by atoms with van der Waals surface area (Å²) in [6, 6.07) is 7.66. The van der Waals surface area contributed by atoms with Crippen LogP contribution < -0.4 is 5.32 Å². The Balaban J connectivity index is 1.88. The topological polar surface area (TPSA) is 90.7 Å². The zero-order valence-corrected chi connectivity index (χ0v) is 19.1. The molecule has 31 heavy (non-hydrogen) atoms. The monoisotopic (exact) mass is 444 g/mol. The van der Waals surface area contributed by atoms with Crippen LogP contribution in [0.4, 0.5) is 10.7 Å². The van der Waals surface area contributed by atoms with E-state index in [0.29, 0.717) is 28.9 Å². The van der Waals surface area contributed by atoms with Crippen LogP contribution in [0.15, 0.2) is 28.7 Å². The van der Waals surface area contributed by atoms with E-state index in [9.17, 15) is 9.59 Å². The third kappa shape index (κ3) is 5.25. The van der Waals surface area contributed by atoms with E-state index in [4.69, 9.17) is 13.9 Å². The summed E-state index contributed by atoms with van der Waals surface area (Å²) in [5.74, 6) is 0.232. The molecule has 7 nitrogen and oxygen atoms in total. The predicted octanol–water partition coefficient (Wildman–Crippen LogP) is 6.42. The SMILES string of the molecule is CCCCC(CC)COC(=O)Nc1oc(C)c(C(=O)OC)c1-c1nc2ccccc2s1. The molecule has 1 aromatic carbocycles. The van der Waals surface area contributed by atoms with Gasteiger partial charge in [0.15, 0.2) is 0 Å². The highest BCUT2D eigenvalue weighted by Crippen LogP contribution is 2.40. The van der Waals surface area contributed by atoms with Crippen molar-refractivity contribution in [3.05, 3.63) is 35.6 Å². The molecule has 0 spiro atoms. The van der Waals surface area contributed by atoms with Crippen LogP contribution in [0, 0.1) is 12.8 Å². The number of unbranched alkanes of at least 4 members (excludes halogenated alkanes) is 1. The van der Waals surface area contributed by atoms with Crippen molar-refractivity contribution in [1.29, 1.82) is 0 Å². The Labute approximate surface area is 185 Å². The predicted molar refractivity (Wildman–Crippen MR) is 122 cm³/mol. The number of rotatable bonds is 9. The highest BCUT2D eigenvalue weighted by molar-refractivity contribution is 7.21. The lowest BCUT2D eigenvalue weighted by molar-refractivity contribution is 0.0599. The van der Waals surface area contributed by atoms with E-state index >= 15 is 0 Å². The molecule has 0 bridgehead atoms. The van der Waals surface area contributed by atoms with Crippen molar-refractivity contribution in [2.45, 2.75) is 46.5 Å². The Bertz CT molecular complexity index is 1020. The third-order valence-corrected chi connectivity index (χ3v) is 6.24. The summed E-state index contributed by atoms with van der Waals surface area (Å²) in [4.78, 5) is 29.6. The fourth-order valence-corrected chi connectivity index (χ4v) is 4.40. The number of hydrogen-bond donors (Lipinski definition) is 1. The number of furan rings is 1. The number of ether oxygens (including phenoxy) is 2. The summed E-state index contributed by atoms with van der Waals surface area (Å²) in [6.07, 6.45) is 3.55. The molecule has 0 fully saturated rings. The molecule has 166 valence electrons. The number of nitrogens with one attached hydrogen (secondary N) is 1. The largest absolute Gasteiger partial charge is 0.465 e. The molecule has 0 aliphatic rings. The fourth-order valence-electron chi connectivity index (χ4n) is 3.38.